The zero-order chi connectivity index (χ0) is 12.3. The van der Waals surface area contributed by atoms with Crippen LogP contribution in [0.25, 0.3) is 0 Å². The van der Waals surface area contributed by atoms with Crippen LogP contribution in [0.15, 0.2) is 6.07 Å². The predicted octanol–water partition coefficient (Wildman–Crippen LogP) is 2.54. The lowest BCUT2D eigenvalue weighted by Crippen LogP contribution is -2.27. The highest BCUT2D eigenvalue weighted by molar-refractivity contribution is 5.51. The van der Waals surface area contributed by atoms with Crippen molar-refractivity contribution < 1.29 is 0 Å². The molecule has 0 saturated carbocycles. The minimum Gasteiger partial charge on any atom is -0.356 e. The van der Waals surface area contributed by atoms with Gasteiger partial charge in [-0.1, -0.05) is 12.8 Å². The summed E-state index contributed by atoms with van der Waals surface area (Å²) in [5.74, 6) is 1.13. The molecule has 0 aromatic carbocycles. The number of anilines is 1. The Morgan fingerprint density at radius 2 is 1.82 bits per heavy atom. The highest BCUT2D eigenvalue weighted by atomic mass is 15.2. The fourth-order valence-corrected chi connectivity index (χ4v) is 2.64. The summed E-state index contributed by atoms with van der Waals surface area (Å²) in [5.41, 5.74) is 9.47. The zero-order valence-electron chi connectivity index (χ0n) is 11.0. The average Bonchev–Trinajstić information content (AvgIpc) is 2.56. The van der Waals surface area contributed by atoms with Crippen molar-refractivity contribution in [2.24, 2.45) is 5.73 Å². The van der Waals surface area contributed by atoms with Gasteiger partial charge in [0, 0.05) is 30.9 Å². The lowest BCUT2D eigenvalue weighted by Gasteiger charge is -2.25. The molecule has 2 rings (SSSR count). The normalized spacial score (nSPS) is 17.0. The van der Waals surface area contributed by atoms with Crippen LogP contribution >= 0.6 is 0 Å². The molecular formula is C14H23N3. The fraction of sp³-hybridized carbons (Fsp3) is 0.643. The van der Waals surface area contributed by atoms with Crippen molar-refractivity contribution in [3.05, 3.63) is 22.9 Å². The number of rotatable bonds is 2. The van der Waals surface area contributed by atoms with Crippen LogP contribution in [-0.2, 0) is 6.54 Å². The molecule has 1 fully saturated rings. The lowest BCUT2D eigenvalue weighted by molar-refractivity contribution is 0.726. The average molecular weight is 233 g/mol. The monoisotopic (exact) mass is 233 g/mol. The first kappa shape index (κ1) is 12.4. The summed E-state index contributed by atoms with van der Waals surface area (Å²) in [6.45, 7) is 7.05. The van der Waals surface area contributed by atoms with Crippen molar-refractivity contribution in [3.63, 3.8) is 0 Å². The van der Waals surface area contributed by atoms with Crippen molar-refractivity contribution in [3.8, 4) is 0 Å². The number of aromatic nitrogens is 1. The second-order valence-corrected chi connectivity index (χ2v) is 4.99. The Hall–Kier alpha value is -1.09. The molecule has 94 valence electrons. The van der Waals surface area contributed by atoms with E-state index in [4.69, 9.17) is 10.7 Å². The number of pyridine rings is 1. The molecule has 0 bridgehead atoms. The summed E-state index contributed by atoms with van der Waals surface area (Å²) in [6, 6.07) is 2.13. The number of nitrogens with zero attached hydrogens (tertiary/aromatic N) is 2. The molecule has 2 heterocycles. The van der Waals surface area contributed by atoms with Crippen LogP contribution in [0.2, 0.25) is 0 Å². The first-order valence-corrected chi connectivity index (χ1v) is 6.64. The standard InChI is InChI=1S/C14H23N3/c1-11-9-12(2)16-14(13(11)10-15)17-7-5-3-4-6-8-17/h9H,3-8,10,15H2,1-2H3. The van der Waals surface area contributed by atoms with E-state index in [2.05, 4.69) is 24.8 Å². The third-order valence-electron chi connectivity index (χ3n) is 3.56. The van der Waals surface area contributed by atoms with Gasteiger partial charge in [0.05, 0.1) is 0 Å². The van der Waals surface area contributed by atoms with Gasteiger partial charge in [-0.2, -0.15) is 0 Å². The summed E-state index contributed by atoms with van der Waals surface area (Å²) in [4.78, 5) is 7.14. The molecule has 1 aliphatic heterocycles. The maximum absolute atomic E-state index is 5.88. The van der Waals surface area contributed by atoms with Gasteiger partial charge in [-0.15, -0.1) is 0 Å². The van der Waals surface area contributed by atoms with E-state index in [1.807, 2.05) is 0 Å². The minimum absolute atomic E-state index is 0.588. The van der Waals surface area contributed by atoms with Crippen molar-refractivity contribution in [1.82, 2.24) is 4.98 Å². The molecule has 17 heavy (non-hydrogen) atoms. The molecule has 1 aliphatic rings. The molecule has 0 atom stereocenters. The summed E-state index contributed by atoms with van der Waals surface area (Å²) >= 11 is 0. The molecule has 2 N–H and O–H groups in total. The van der Waals surface area contributed by atoms with Crippen LogP contribution in [0.1, 0.15) is 42.5 Å². The molecule has 3 heteroatoms. The quantitative estimate of drug-likeness (QED) is 0.853. The van der Waals surface area contributed by atoms with E-state index in [1.165, 1.54) is 36.8 Å². The first-order chi connectivity index (χ1) is 8.22. The van der Waals surface area contributed by atoms with Crippen LogP contribution in [0, 0.1) is 13.8 Å². The second kappa shape index (κ2) is 5.50. The molecule has 0 spiro atoms. The Balaban J connectivity index is 2.34. The predicted molar refractivity (Wildman–Crippen MR) is 72.3 cm³/mol. The molecule has 0 radical (unpaired) electrons. The second-order valence-electron chi connectivity index (χ2n) is 4.99. The minimum atomic E-state index is 0.588. The summed E-state index contributed by atoms with van der Waals surface area (Å²) in [7, 11) is 0. The van der Waals surface area contributed by atoms with Gasteiger partial charge in [-0.3, -0.25) is 0 Å². The van der Waals surface area contributed by atoms with Gasteiger partial charge in [-0.05, 0) is 38.3 Å². The van der Waals surface area contributed by atoms with E-state index in [0.29, 0.717) is 6.54 Å². The van der Waals surface area contributed by atoms with Gasteiger partial charge in [0.15, 0.2) is 0 Å². The van der Waals surface area contributed by atoms with Crippen LogP contribution in [0.3, 0.4) is 0 Å². The van der Waals surface area contributed by atoms with Crippen LogP contribution in [-0.4, -0.2) is 18.1 Å². The van der Waals surface area contributed by atoms with E-state index in [1.54, 1.807) is 0 Å². The highest BCUT2D eigenvalue weighted by Gasteiger charge is 2.16. The third-order valence-corrected chi connectivity index (χ3v) is 3.56. The number of aryl methyl sites for hydroxylation is 2. The third kappa shape index (κ3) is 2.78. The maximum atomic E-state index is 5.88. The Morgan fingerprint density at radius 1 is 1.18 bits per heavy atom. The Labute approximate surface area is 104 Å². The number of hydrogen-bond acceptors (Lipinski definition) is 3. The molecule has 0 amide bonds. The zero-order valence-corrected chi connectivity index (χ0v) is 11.0. The number of hydrogen-bond donors (Lipinski definition) is 1. The fourth-order valence-electron chi connectivity index (χ4n) is 2.64. The first-order valence-electron chi connectivity index (χ1n) is 6.64. The van der Waals surface area contributed by atoms with Gasteiger partial charge in [0.25, 0.3) is 0 Å². The van der Waals surface area contributed by atoms with Crippen molar-refractivity contribution in [2.75, 3.05) is 18.0 Å². The maximum Gasteiger partial charge on any atom is 0.133 e. The van der Waals surface area contributed by atoms with Crippen LogP contribution < -0.4 is 10.6 Å². The van der Waals surface area contributed by atoms with E-state index >= 15 is 0 Å². The van der Waals surface area contributed by atoms with Gasteiger partial charge < -0.3 is 10.6 Å². The number of nitrogens with two attached hydrogens (primary N) is 1. The molecule has 3 nitrogen and oxygen atoms in total. The van der Waals surface area contributed by atoms with Crippen LogP contribution in [0.5, 0.6) is 0 Å². The molecular weight excluding hydrogens is 210 g/mol. The van der Waals surface area contributed by atoms with Crippen molar-refractivity contribution in [2.45, 2.75) is 46.1 Å². The Morgan fingerprint density at radius 3 is 2.41 bits per heavy atom. The van der Waals surface area contributed by atoms with E-state index in [9.17, 15) is 0 Å². The van der Waals surface area contributed by atoms with Gasteiger partial charge >= 0.3 is 0 Å². The molecule has 1 aromatic heterocycles. The largest absolute Gasteiger partial charge is 0.356 e. The van der Waals surface area contributed by atoms with Gasteiger partial charge in [0.2, 0.25) is 0 Å². The van der Waals surface area contributed by atoms with Crippen molar-refractivity contribution in [1.29, 1.82) is 0 Å². The smallest absolute Gasteiger partial charge is 0.133 e. The van der Waals surface area contributed by atoms with Crippen LogP contribution in [0.4, 0.5) is 5.82 Å². The Bertz CT molecular complexity index is 379. The molecule has 0 unspecified atom stereocenters. The summed E-state index contributed by atoms with van der Waals surface area (Å²) < 4.78 is 0. The van der Waals surface area contributed by atoms with E-state index in [-0.39, 0.29) is 0 Å². The molecule has 1 saturated heterocycles. The molecule has 0 aliphatic carbocycles. The Kier molecular flexibility index (Phi) is 4.00. The lowest BCUT2D eigenvalue weighted by atomic mass is 10.1. The molecule has 1 aromatic rings. The van der Waals surface area contributed by atoms with E-state index < -0.39 is 0 Å². The van der Waals surface area contributed by atoms with Gasteiger partial charge in [-0.25, -0.2) is 4.98 Å². The summed E-state index contributed by atoms with van der Waals surface area (Å²) in [6.07, 6.45) is 5.25. The SMILES string of the molecule is Cc1cc(C)c(CN)c(N2CCCCCC2)n1. The van der Waals surface area contributed by atoms with E-state index in [0.717, 1.165) is 24.6 Å². The van der Waals surface area contributed by atoms with Gasteiger partial charge in [0.1, 0.15) is 5.82 Å². The topological polar surface area (TPSA) is 42.1 Å². The van der Waals surface area contributed by atoms with Crippen molar-refractivity contribution >= 4 is 5.82 Å². The summed E-state index contributed by atoms with van der Waals surface area (Å²) in [5, 5.41) is 0. The highest BCUT2D eigenvalue weighted by Crippen LogP contribution is 2.24.